The highest BCUT2D eigenvalue weighted by molar-refractivity contribution is 5.95. The Kier molecular flexibility index (Phi) is 7.88. The lowest BCUT2D eigenvalue weighted by Gasteiger charge is -2.29. The van der Waals surface area contributed by atoms with E-state index in [0.29, 0.717) is 23.0 Å². The number of nitrogens with zero attached hydrogens (tertiary/aromatic N) is 3. The Hall–Kier alpha value is -3.22. The van der Waals surface area contributed by atoms with Gasteiger partial charge >= 0.3 is 0 Å². The molecule has 0 radical (unpaired) electrons. The fraction of sp³-hybridized carbons (Fsp3) is 0.364. The number of rotatable bonds is 9. The molecule has 7 nitrogen and oxygen atoms in total. The van der Waals surface area contributed by atoms with E-state index < -0.39 is 4.92 Å². The van der Waals surface area contributed by atoms with Gasteiger partial charge < -0.3 is 4.90 Å². The summed E-state index contributed by atoms with van der Waals surface area (Å²) in [5, 5.41) is 15.3. The van der Waals surface area contributed by atoms with Crippen molar-refractivity contribution in [2.45, 2.75) is 27.7 Å². The van der Waals surface area contributed by atoms with Gasteiger partial charge in [0.05, 0.1) is 11.1 Å². The second-order valence-electron chi connectivity index (χ2n) is 7.76. The van der Waals surface area contributed by atoms with Gasteiger partial charge in [0, 0.05) is 42.0 Å². The predicted molar refractivity (Wildman–Crippen MR) is 116 cm³/mol. The number of non-ortho nitro benzene ring substituents is 1. The van der Waals surface area contributed by atoms with Crippen LogP contribution < -0.4 is 10.3 Å². The van der Waals surface area contributed by atoms with Gasteiger partial charge in [0.15, 0.2) is 0 Å². The Balaban J connectivity index is 2.32. The van der Waals surface area contributed by atoms with Crippen LogP contribution in [0.5, 0.6) is 0 Å². The third-order valence-corrected chi connectivity index (χ3v) is 4.14. The van der Waals surface area contributed by atoms with Crippen LogP contribution in [0.3, 0.4) is 0 Å². The molecule has 0 heterocycles. The van der Waals surface area contributed by atoms with Crippen molar-refractivity contribution in [2.75, 3.05) is 18.0 Å². The topological polar surface area (TPSA) is 87.8 Å². The van der Waals surface area contributed by atoms with E-state index in [1.165, 1.54) is 18.3 Å². The van der Waals surface area contributed by atoms with Gasteiger partial charge in [0.25, 0.3) is 11.6 Å². The summed E-state index contributed by atoms with van der Waals surface area (Å²) >= 11 is 0. The number of hydrazone groups is 1. The molecule has 0 aromatic heterocycles. The summed E-state index contributed by atoms with van der Waals surface area (Å²) < 4.78 is 0. The van der Waals surface area contributed by atoms with Crippen LogP contribution in [0.4, 0.5) is 11.4 Å². The predicted octanol–water partition coefficient (Wildman–Crippen LogP) is 4.48. The van der Waals surface area contributed by atoms with Crippen molar-refractivity contribution in [2.24, 2.45) is 16.9 Å². The largest absolute Gasteiger partial charge is 0.370 e. The summed E-state index contributed by atoms with van der Waals surface area (Å²) in [6.45, 7) is 10.2. The van der Waals surface area contributed by atoms with E-state index in [2.05, 4.69) is 43.1 Å². The summed E-state index contributed by atoms with van der Waals surface area (Å²) in [6, 6.07) is 13.5. The second kappa shape index (κ2) is 10.4. The monoisotopic (exact) mass is 396 g/mol. The Morgan fingerprint density at radius 1 is 1.10 bits per heavy atom. The summed E-state index contributed by atoms with van der Waals surface area (Å²) in [5.74, 6) is 0.507. The third-order valence-electron chi connectivity index (χ3n) is 4.14. The van der Waals surface area contributed by atoms with Crippen molar-refractivity contribution in [3.8, 4) is 0 Å². The average molecular weight is 396 g/mol. The van der Waals surface area contributed by atoms with Crippen LogP contribution in [0.15, 0.2) is 53.6 Å². The quantitative estimate of drug-likeness (QED) is 0.385. The Morgan fingerprint density at radius 2 is 1.72 bits per heavy atom. The van der Waals surface area contributed by atoms with Crippen molar-refractivity contribution in [1.29, 1.82) is 0 Å². The number of carbonyl (C=O) groups excluding carboxylic acids is 1. The number of anilines is 1. The van der Waals surface area contributed by atoms with Crippen LogP contribution in [0, 0.1) is 22.0 Å². The van der Waals surface area contributed by atoms with E-state index in [1.807, 2.05) is 6.07 Å². The molecule has 2 rings (SSSR count). The molecule has 0 saturated carbocycles. The maximum absolute atomic E-state index is 12.2. The molecule has 1 amide bonds. The lowest BCUT2D eigenvalue weighted by atomic mass is 10.1. The molecule has 29 heavy (non-hydrogen) atoms. The van der Waals surface area contributed by atoms with Gasteiger partial charge in [-0.2, -0.15) is 5.10 Å². The van der Waals surface area contributed by atoms with E-state index >= 15 is 0 Å². The first-order chi connectivity index (χ1) is 13.8. The molecule has 0 aliphatic rings. The summed E-state index contributed by atoms with van der Waals surface area (Å²) in [4.78, 5) is 25.2. The molecule has 7 heteroatoms. The van der Waals surface area contributed by atoms with Gasteiger partial charge in [-0.25, -0.2) is 5.43 Å². The Morgan fingerprint density at radius 3 is 2.28 bits per heavy atom. The Labute approximate surface area is 171 Å². The van der Waals surface area contributed by atoms with Crippen LogP contribution in [-0.4, -0.2) is 30.1 Å². The molecule has 0 fully saturated rings. The fourth-order valence-electron chi connectivity index (χ4n) is 3.01. The van der Waals surface area contributed by atoms with E-state index in [-0.39, 0.29) is 11.6 Å². The summed E-state index contributed by atoms with van der Waals surface area (Å²) in [6.07, 6.45) is 1.47. The lowest BCUT2D eigenvalue weighted by Crippen LogP contribution is -2.32. The zero-order chi connectivity index (χ0) is 21.4. The third kappa shape index (κ3) is 6.71. The first-order valence-corrected chi connectivity index (χ1v) is 9.69. The Bertz CT molecular complexity index is 854. The first-order valence-electron chi connectivity index (χ1n) is 9.69. The van der Waals surface area contributed by atoms with Crippen LogP contribution >= 0.6 is 0 Å². The van der Waals surface area contributed by atoms with Gasteiger partial charge in [-0.05, 0) is 30.0 Å². The highest BCUT2D eigenvalue weighted by atomic mass is 16.6. The van der Waals surface area contributed by atoms with Crippen molar-refractivity contribution >= 4 is 23.5 Å². The average Bonchev–Trinajstić information content (AvgIpc) is 2.67. The number of carbonyl (C=O) groups is 1. The summed E-state index contributed by atoms with van der Waals surface area (Å²) in [5.41, 5.74) is 4.41. The van der Waals surface area contributed by atoms with Crippen LogP contribution in [0.1, 0.15) is 43.6 Å². The van der Waals surface area contributed by atoms with Gasteiger partial charge in [0.1, 0.15) is 0 Å². The number of nitrogens with one attached hydrogen (secondary N) is 1. The maximum Gasteiger partial charge on any atom is 0.271 e. The van der Waals surface area contributed by atoms with Crippen LogP contribution in [0.2, 0.25) is 0 Å². The molecular formula is C22H28N4O3. The molecule has 2 aromatic rings. The van der Waals surface area contributed by atoms with E-state index in [0.717, 1.165) is 18.8 Å². The minimum absolute atomic E-state index is 0.0152. The number of nitro benzene ring substituents is 1. The molecule has 1 N–H and O–H groups in total. The van der Waals surface area contributed by atoms with Crippen molar-refractivity contribution in [3.63, 3.8) is 0 Å². The number of nitro groups is 1. The van der Waals surface area contributed by atoms with Crippen molar-refractivity contribution in [3.05, 3.63) is 69.8 Å². The van der Waals surface area contributed by atoms with Gasteiger partial charge in [-0.15, -0.1) is 0 Å². The molecule has 2 aromatic carbocycles. The molecule has 0 bridgehead atoms. The van der Waals surface area contributed by atoms with Gasteiger partial charge in [-0.1, -0.05) is 45.9 Å². The number of hydrogen-bond donors (Lipinski definition) is 1. The molecule has 0 saturated heterocycles. The minimum atomic E-state index is -0.432. The SMILES string of the molecule is CC(C)CN(CC(C)C)c1ccc([N+](=O)[O-])cc1/C=N\NC(=O)c1ccccc1. The van der Waals surface area contributed by atoms with Gasteiger partial charge in [0.2, 0.25) is 0 Å². The lowest BCUT2D eigenvalue weighted by molar-refractivity contribution is -0.384. The smallest absolute Gasteiger partial charge is 0.271 e. The highest BCUT2D eigenvalue weighted by Gasteiger charge is 2.17. The molecule has 0 unspecified atom stereocenters. The molecule has 0 atom stereocenters. The summed E-state index contributed by atoms with van der Waals surface area (Å²) in [7, 11) is 0. The normalized spacial score (nSPS) is 11.2. The number of hydrogen-bond acceptors (Lipinski definition) is 5. The van der Waals surface area contributed by atoms with E-state index in [4.69, 9.17) is 0 Å². The maximum atomic E-state index is 12.2. The molecular weight excluding hydrogens is 368 g/mol. The highest BCUT2D eigenvalue weighted by Crippen LogP contribution is 2.26. The second-order valence-corrected chi connectivity index (χ2v) is 7.76. The van der Waals surface area contributed by atoms with E-state index in [1.54, 1.807) is 30.3 Å². The van der Waals surface area contributed by atoms with Crippen LogP contribution in [0.25, 0.3) is 0 Å². The first kappa shape index (κ1) is 22.1. The number of benzene rings is 2. The van der Waals surface area contributed by atoms with E-state index in [9.17, 15) is 14.9 Å². The fourth-order valence-corrected chi connectivity index (χ4v) is 3.01. The van der Waals surface area contributed by atoms with Crippen molar-refractivity contribution < 1.29 is 9.72 Å². The zero-order valence-corrected chi connectivity index (χ0v) is 17.3. The van der Waals surface area contributed by atoms with Gasteiger partial charge in [-0.3, -0.25) is 14.9 Å². The van der Waals surface area contributed by atoms with Crippen molar-refractivity contribution in [1.82, 2.24) is 5.43 Å². The molecule has 0 spiro atoms. The minimum Gasteiger partial charge on any atom is -0.370 e. The van der Waals surface area contributed by atoms with Crippen LogP contribution in [-0.2, 0) is 0 Å². The molecule has 0 aliphatic heterocycles. The number of amides is 1. The molecule has 0 aliphatic carbocycles. The standard InChI is InChI=1S/C22H28N4O3/c1-16(2)14-25(15-17(3)4)21-11-10-20(26(28)29)12-19(21)13-23-24-22(27)18-8-6-5-7-9-18/h5-13,16-17H,14-15H2,1-4H3,(H,24,27)/b23-13-. The zero-order valence-electron chi connectivity index (χ0n) is 17.3. The molecule has 154 valence electrons.